The number of fused-ring (bicyclic) bond motifs is 1. The minimum atomic E-state index is -0.278. The highest BCUT2D eigenvalue weighted by molar-refractivity contribution is 5.98. The molecule has 0 unspecified atom stereocenters. The minimum Gasteiger partial charge on any atom is -0.492 e. The van der Waals surface area contributed by atoms with Gasteiger partial charge in [-0.25, -0.2) is 4.39 Å². The molecule has 0 saturated heterocycles. The lowest BCUT2D eigenvalue weighted by atomic mass is 9.92. The van der Waals surface area contributed by atoms with Gasteiger partial charge >= 0.3 is 0 Å². The number of benzene rings is 2. The highest BCUT2D eigenvalue weighted by atomic mass is 19.1. The number of ether oxygens (including phenoxy) is 1. The van der Waals surface area contributed by atoms with Crippen LogP contribution in [0.15, 0.2) is 36.7 Å². The number of hydrogen-bond acceptors (Lipinski definition) is 3. The SMILES string of the molecule is Cc1c(Cc2ccc(-c3cnn(C)c3)c(F)c2)cc2c(c1C)OCCCN(C)C2=O. The molecule has 3 aromatic rings. The summed E-state index contributed by atoms with van der Waals surface area (Å²) >= 11 is 0. The average Bonchev–Trinajstić information content (AvgIpc) is 3.14. The third-order valence-electron chi connectivity index (χ3n) is 5.85. The fourth-order valence-corrected chi connectivity index (χ4v) is 3.96. The zero-order chi connectivity index (χ0) is 21.4. The van der Waals surface area contributed by atoms with Gasteiger partial charge in [-0.15, -0.1) is 0 Å². The summed E-state index contributed by atoms with van der Waals surface area (Å²) in [6, 6.07) is 7.20. The van der Waals surface area contributed by atoms with E-state index in [1.807, 2.05) is 40.1 Å². The van der Waals surface area contributed by atoms with Crippen LogP contribution < -0.4 is 4.74 Å². The molecule has 156 valence electrons. The first-order valence-corrected chi connectivity index (χ1v) is 10.1. The molecule has 0 saturated carbocycles. The molecule has 2 aromatic carbocycles. The summed E-state index contributed by atoms with van der Waals surface area (Å²) in [7, 11) is 3.63. The number of rotatable bonds is 3. The number of carbonyl (C=O) groups excluding carboxylic acids is 1. The predicted molar refractivity (Wildman–Crippen MR) is 114 cm³/mol. The fourth-order valence-electron chi connectivity index (χ4n) is 3.96. The molecule has 1 aliphatic rings. The van der Waals surface area contributed by atoms with Crippen molar-refractivity contribution < 1.29 is 13.9 Å². The molecule has 0 bridgehead atoms. The van der Waals surface area contributed by atoms with Gasteiger partial charge < -0.3 is 9.64 Å². The lowest BCUT2D eigenvalue weighted by Gasteiger charge is -2.25. The highest BCUT2D eigenvalue weighted by Gasteiger charge is 2.24. The Labute approximate surface area is 176 Å². The van der Waals surface area contributed by atoms with Crippen LogP contribution in [-0.2, 0) is 13.5 Å². The molecular weight excluding hydrogens is 381 g/mol. The summed E-state index contributed by atoms with van der Waals surface area (Å²) in [6.07, 6.45) is 4.80. The predicted octanol–water partition coefficient (Wildman–Crippen LogP) is 4.29. The highest BCUT2D eigenvalue weighted by Crippen LogP contribution is 2.33. The van der Waals surface area contributed by atoms with Gasteiger partial charge in [-0.2, -0.15) is 5.10 Å². The van der Waals surface area contributed by atoms with E-state index in [9.17, 15) is 9.18 Å². The molecule has 5 nitrogen and oxygen atoms in total. The number of aromatic nitrogens is 2. The topological polar surface area (TPSA) is 47.4 Å². The number of hydrogen-bond donors (Lipinski definition) is 0. The van der Waals surface area contributed by atoms with Crippen LogP contribution in [0.4, 0.5) is 4.39 Å². The number of carbonyl (C=O) groups is 1. The molecule has 6 heteroatoms. The Morgan fingerprint density at radius 1 is 1.13 bits per heavy atom. The van der Waals surface area contributed by atoms with Crippen molar-refractivity contribution in [3.63, 3.8) is 0 Å². The number of nitrogens with zero attached hydrogens (tertiary/aromatic N) is 3. The van der Waals surface area contributed by atoms with Crippen molar-refractivity contribution in [2.75, 3.05) is 20.2 Å². The number of aryl methyl sites for hydroxylation is 1. The third kappa shape index (κ3) is 3.70. The second-order valence-electron chi connectivity index (χ2n) is 7.98. The summed E-state index contributed by atoms with van der Waals surface area (Å²) in [5.74, 6) is 0.360. The Morgan fingerprint density at radius 3 is 2.63 bits per heavy atom. The van der Waals surface area contributed by atoms with E-state index in [4.69, 9.17) is 4.74 Å². The van der Waals surface area contributed by atoms with Crippen LogP contribution in [0, 0.1) is 19.7 Å². The second-order valence-corrected chi connectivity index (χ2v) is 7.98. The van der Waals surface area contributed by atoms with E-state index in [1.165, 1.54) is 0 Å². The molecule has 0 spiro atoms. The fraction of sp³-hybridized carbons (Fsp3) is 0.333. The van der Waals surface area contributed by atoms with Crippen molar-refractivity contribution in [3.05, 3.63) is 70.3 Å². The molecule has 0 N–H and O–H groups in total. The van der Waals surface area contributed by atoms with E-state index in [0.717, 1.165) is 34.2 Å². The van der Waals surface area contributed by atoms with Crippen LogP contribution in [0.1, 0.15) is 39.0 Å². The van der Waals surface area contributed by atoms with Crippen molar-refractivity contribution in [2.45, 2.75) is 26.7 Å². The van der Waals surface area contributed by atoms with Gasteiger partial charge in [0.25, 0.3) is 5.91 Å². The van der Waals surface area contributed by atoms with Crippen molar-refractivity contribution in [1.82, 2.24) is 14.7 Å². The van der Waals surface area contributed by atoms with Crippen molar-refractivity contribution >= 4 is 5.91 Å². The normalized spacial score (nSPS) is 14.2. The summed E-state index contributed by atoms with van der Waals surface area (Å²) in [6.45, 7) is 5.27. The molecule has 1 aliphatic heterocycles. The van der Waals surface area contributed by atoms with E-state index >= 15 is 0 Å². The Hall–Kier alpha value is -3.15. The van der Waals surface area contributed by atoms with Gasteiger partial charge in [0, 0.05) is 38.0 Å². The van der Waals surface area contributed by atoms with E-state index in [-0.39, 0.29) is 11.7 Å². The summed E-state index contributed by atoms with van der Waals surface area (Å²) in [5.41, 5.74) is 5.77. The molecule has 0 fully saturated rings. The van der Waals surface area contributed by atoms with Crippen LogP contribution in [0.25, 0.3) is 11.1 Å². The maximum absolute atomic E-state index is 14.8. The second kappa shape index (κ2) is 7.94. The van der Waals surface area contributed by atoms with Crippen LogP contribution in [0.3, 0.4) is 0 Å². The Kier molecular flexibility index (Phi) is 5.33. The van der Waals surface area contributed by atoms with Crippen molar-refractivity contribution in [3.8, 4) is 16.9 Å². The molecule has 30 heavy (non-hydrogen) atoms. The van der Waals surface area contributed by atoms with Gasteiger partial charge in [-0.3, -0.25) is 9.48 Å². The largest absolute Gasteiger partial charge is 0.492 e. The van der Waals surface area contributed by atoms with Gasteiger partial charge in [-0.05, 0) is 61.1 Å². The Morgan fingerprint density at radius 2 is 1.93 bits per heavy atom. The molecule has 4 rings (SSSR count). The van der Waals surface area contributed by atoms with Crippen molar-refractivity contribution in [2.24, 2.45) is 7.05 Å². The maximum atomic E-state index is 14.8. The lowest BCUT2D eigenvalue weighted by molar-refractivity contribution is 0.0768. The molecule has 0 radical (unpaired) electrons. The first-order valence-electron chi connectivity index (χ1n) is 10.1. The van der Waals surface area contributed by atoms with E-state index < -0.39 is 0 Å². The van der Waals surface area contributed by atoms with Gasteiger partial charge in [-0.1, -0.05) is 12.1 Å². The minimum absolute atomic E-state index is 0.0350. The summed E-state index contributed by atoms with van der Waals surface area (Å²) < 4.78 is 22.4. The summed E-state index contributed by atoms with van der Waals surface area (Å²) in [4.78, 5) is 14.6. The van der Waals surface area contributed by atoms with Gasteiger partial charge in [0.2, 0.25) is 0 Å². The van der Waals surface area contributed by atoms with E-state index in [0.29, 0.717) is 36.4 Å². The molecule has 1 aromatic heterocycles. The smallest absolute Gasteiger partial charge is 0.257 e. The molecule has 0 atom stereocenters. The van der Waals surface area contributed by atoms with E-state index in [1.54, 1.807) is 34.1 Å². The first-order chi connectivity index (χ1) is 14.3. The number of halogens is 1. The first kappa shape index (κ1) is 20.1. The van der Waals surface area contributed by atoms with Crippen LogP contribution >= 0.6 is 0 Å². The zero-order valence-corrected chi connectivity index (χ0v) is 17.8. The lowest BCUT2D eigenvalue weighted by Crippen LogP contribution is -2.31. The van der Waals surface area contributed by atoms with Crippen molar-refractivity contribution in [1.29, 1.82) is 0 Å². The molecule has 2 heterocycles. The standard InChI is InChI=1S/C24H26FN3O2/c1-15-16(2)23-21(24(29)27(3)8-5-9-30-23)12-18(15)10-17-6-7-20(22(25)11-17)19-13-26-28(4)14-19/h6-7,11-14H,5,8-10H2,1-4H3. The quantitative estimate of drug-likeness (QED) is 0.651. The Bertz CT molecular complexity index is 1120. The Balaban J connectivity index is 1.70. The molecule has 1 amide bonds. The number of amides is 1. The maximum Gasteiger partial charge on any atom is 0.257 e. The van der Waals surface area contributed by atoms with Crippen LogP contribution in [-0.4, -0.2) is 40.8 Å². The molecular formula is C24H26FN3O2. The monoisotopic (exact) mass is 407 g/mol. The zero-order valence-electron chi connectivity index (χ0n) is 17.8. The van der Waals surface area contributed by atoms with E-state index in [2.05, 4.69) is 5.10 Å². The molecule has 0 aliphatic carbocycles. The summed E-state index contributed by atoms with van der Waals surface area (Å²) in [5, 5.41) is 4.12. The van der Waals surface area contributed by atoms with Gasteiger partial charge in [0.15, 0.2) is 0 Å². The third-order valence-corrected chi connectivity index (χ3v) is 5.85. The van der Waals surface area contributed by atoms with Gasteiger partial charge in [0.1, 0.15) is 11.6 Å². The average molecular weight is 407 g/mol. The van der Waals surface area contributed by atoms with Crippen LogP contribution in [0.2, 0.25) is 0 Å². The van der Waals surface area contributed by atoms with Crippen LogP contribution in [0.5, 0.6) is 5.75 Å². The van der Waals surface area contributed by atoms with Gasteiger partial charge in [0.05, 0.1) is 18.4 Å².